The largest absolute Gasteiger partial charge is 0.370 e. The SMILES string of the molecule is O=C(c1ccsc1)N1CCO[C@H](c2ccc(F)cc2)C1. The summed E-state index contributed by atoms with van der Waals surface area (Å²) in [6.45, 7) is 1.59. The minimum atomic E-state index is -0.268. The van der Waals surface area contributed by atoms with Gasteiger partial charge in [-0.3, -0.25) is 4.79 Å². The first-order valence-corrected chi connectivity index (χ1v) is 7.37. The van der Waals surface area contributed by atoms with Crippen LogP contribution < -0.4 is 0 Å². The van der Waals surface area contributed by atoms with Gasteiger partial charge < -0.3 is 9.64 Å². The van der Waals surface area contributed by atoms with E-state index in [4.69, 9.17) is 4.74 Å². The Balaban J connectivity index is 1.73. The molecule has 3 nitrogen and oxygen atoms in total. The quantitative estimate of drug-likeness (QED) is 0.851. The molecule has 0 unspecified atom stereocenters. The van der Waals surface area contributed by atoms with Gasteiger partial charge in [-0.2, -0.15) is 11.3 Å². The second-order valence-electron chi connectivity index (χ2n) is 4.67. The van der Waals surface area contributed by atoms with Crippen LogP contribution in [-0.2, 0) is 4.74 Å². The van der Waals surface area contributed by atoms with Crippen LogP contribution in [0.15, 0.2) is 41.1 Å². The summed E-state index contributed by atoms with van der Waals surface area (Å²) < 4.78 is 18.6. The van der Waals surface area contributed by atoms with E-state index in [1.54, 1.807) is 17.0 Å². The van der Waals surface area contributed by atoms with E-state index in [0.29, 0.717) is 19.7 Å². The Bertz CT molecular complexity index is 582. The third kappa shape index (κ3) is 2.73. The monoisotopic (exact) mass is 291 g/mol. The molecule has 20 heavy (non-hydrogen) atoms. The van der Waals surface area contributed by atoms with E-state index in [1.165, 1.54) is 23.5 Å². The highest BCUT2D eigenvalue weighted by atomic mass is 32.1. The molecule has 1 atom stereocenters. The van der Waals surface area contributed by atoms with E-state index in [-0.39, 0.29) is 17.8 Å². The molecule has 1 aliphatic heterocycles. The number of carbonyl (C=O) groups is 1. The highest BCUT2D eigenvalue weighted by Gasteiger charge is 2.26. The van der Waals surface area contributed by atoms with Crippen LogP contribution in [0.5, 0.6) is 0 Å². The lowest BCUT2D eigenvalue weighted by atomic mass is 10.1. The molecule has 0 aliphatic carbocycles. The fraction of sp³-hybridized carbons (Fsp3) is 0.267. The number of morpholine rings is 1. The number of halogens is 1. The zero-order valence-electron chi connectivity index (χ0n) is 10.8. The van der Waals surface area contributed by atoms with Crippen LogP contribution in [0.2, 0.25) is 0 Å². The molecular weight excluding hydrogens is 277 g/mol. The Morgan fingerprint density at radius 3 is 2.80 bits per heavy atom. The van der Waals surface area contributed by atoms with Crippen LogP contribution in [0.1, 0.15) is 22.0 Å². The lowest BCUT2D eigenvalue weighted by Gasteiger charge is -2.33. The van der Waals surface area contributed by atoms with Crippen LogP contribution in [0.4, 0.5) is 4.39 Å². The van der Waals surface area contributed by atoms with Crippen molar-refractivity contribution in [2.75, 3.05) is 19.7 Å². The minimum absolute atomic E-state index is 0.0293. The Kier molecular flexibility index (Phi) is 3.80. The molecule has 0 N–H and O–H groups in total. The number of nitrogens with zero attached hydrogens (tertiary/aromatic N) is 1. The van der Waals surface area contributed by atoms with Gasteiger partial charge in [0.1, 0.15) is 11.9 Å². The van der Waals surface area contributed by atoms with Gasteiger partial charge in [0.15, 0.2) is 0 Å². The van der Waals surface area contributed by atoms with Crippen LogP contribution in [0.3, 0.4) is 0 Å². The summed E-state index contributed by atoms with van der Waals surface area (Å²) >= 11 is 1.51. The fourth-order valence-electron chi connectivity index (χ4n) is 2.28. The number of thiophene rings is 1. The molecule has 0 bridgehead atoms. The van der Waals surface area contributed by atoms with Crippen LogP contribution in [-0.4, -0.2) is 30.5 Å². The van der Waals surface area contributed by atoms with Crippen molar-refractivity contribution < 1.29 is 13.9 Å². The first kappa shape index (κ1) is 13.3. The molecule has 1 aromatic heterocycles. The van der Waals surface area contributed by atoms with E-state index < -0.39 is 0 Å². The van der Waals surface area contributed by atoms with Crippen molar-refractivity contribution in [3.05, 3.63) is 58.0 Å². The van der Waals surface area contributed by atoms with Crippen molar-refractivity contribution in [3.8, 4) is 0 Å². The van der Waals surface area contributed by atoms with Gasteiger partial charge in [-0.05, 0) is 29.1 Å². The summed E-state index contributed by atoms with van der Waals surface area (Å²) in [7, 11) is 0. The Morgan fingerprint density at radius 1 is 1.30 bits per heavy atom. The third-order valence-electron chi connectivity index (χ3n) is 3.36. The van der Waals surface area contributed by atoms with Crippen LogP contribution in [0, 0.1) is 5.82 Å². The Morgan fingerprint density at radius 2 is 2.10 bits per heavy atom. The van der Waals surface area contributed by atoms with Crippen molar-refractivity contribution in [1.82, 2.24) is 4.90 Å². The van der Waals surface area contributed by atoms with Gasteiger partial charge in [-0.25, -0.2) is 4.39 Å². The smallest absolute Gasteiger partial charge is 0.254 e. The maximum absolute atomic E-state index is 12.9. The fourth-order valence-corrected chi connectivity index (χ4v) is 2.91. The second-order valence-corrected chi connectivity index (χ2v) is 5.45. The zero-order chi connectivity index (χ0) is 13.9. The first-order valence-electron chi connectivity index (χ1n) is 6.42. The number of amides is 1. The Labute approximate surface area is 120 Å². The lowest BCUT2D eigenvalue weighted by Crippen LogP contribution is -2.42. The van der Waals surface area contributed by atoms with E-state index in [1.807, 2.05) is 16.8 Å². The lowest BCUT2D eigenvalue weighted by molar-refractivity contribution is -0.0228. The Hall–Kier alpha value is -1.72. The number of hydrogen-bond donors (Lipinski definition) is 0. The van der Waals surface area contributed by atoms with E-state index in [9.17, 15) is 9.18 Å². The van der Waals surface area contributed by atoms with Crippen molar-refractivity contribution in [2.45, 2.75) is 6.10 Å². The summed E-state index contributed by atoms with van der Waals surface area (Å²) in [4.78, 5) is 14.1. The molecule has 1 saturated heterocycles. The highest BCUT2D eigenvalue weighted by molar-refractivity contribution is 7.08. The number of carbonyl (C=O) groups excluding carboxylic acids is 1. The minimum Gasteiger partial charge on any atom is -0.370 e. The number of rotatable bonds is 2. The summed E-state index contributed by atoms with van der Waals surface area (Å²) in [5.41, 5.74) is 1.61. The molecule has 1 fully saturated rings. The maximum Gasteiger partial charge on any atom is 0.254 e. The average molecular weight is 291 g/mol. The molecule has 2 aromatic rings. The van der Waals surface area contributed by atoms with Gasteiger partial charge in [0.25, 0.3) is 5.91 Å². The number of ether oxygens (including phenoxy) is 1. The topological polar surface area (TPSA) is 29.5 Å². The molecule has 1 aliphatic rings. The molecule has 1 amide bonds. The summed E-state index contributed by atoms with van der Waals surface area (Å²) in [6, 6.07) is 8.07. The van der Waals surface area contributed by atoms with E-state index in [0.717, 1.165) is 11.1 Å². The standard InChI is InChI=1S/C15H14FNO2S/c16-13-3-1-11(2-4-13)14-9-17(6-7-19-14)15(18)12-5-8-20-10-12/h1-5,8,10,14H,6-7,9H2/t14-/m0/s1. The molecule has 0 saturated carbocycles. The molecule has 2 heterocycles. The molecular formula is C15H14FNO2S. The van der Waals surface area contributed by atoms with Gasteiger partial charge >= 0.3 is 0 Å². The van der Waals surface area contributed by atoms with Crippen molar-refractivity contribution in [3.63, 3.8) is 0 Å². The van der Waals surface area contributed by atoms with Gasteiger partial charge in [-0.15, -0.1) is 0 Å². The van der Waals surface area contributed by atoms with Crippen molar-refractivity contribution in [1.29, 1.82) is 0 Å². The number of hydrogen-bond acceptors (Lipinski definition) is 3. The molecule has 0 spiro atoms. The molecule has 3 rings (SSSR count). The molecule has 0 radical (unpaired) electrons. The maximum atomic E-state index is 12.9. The first-order chi connectivity index (χ1) is 9.74. The summed E-state index contributed by atoms with van der Waals surface area (Å²) in [5, 5.41) is 3.75. The van der Waals surface area contributed by atoms with Gasteiger partial charge in [0.05, 0.1) is 18.7 Å². The van der Waals surface area contributed by atoms with Crippen LogP contribution >= 0.6 is 11.3 Å². The van der Waals surface area contributed by atoms with Crippen molar-refractivity contribution >= 4 is 17.2 Å². The van der Waals surface area contributed by atoms with Gasteiger partial charge in [0.2, 0.25) is 0 Å². The predicted octanol–water partition coefficient (Wildman–Crippen LogP) is 3.10. The zero-order valence-corrected chi connectivity index (χ0v) is 11.6. The summed E-state index contributed by atoms with van der Waals surface area (Å²) in [5.74, 6) is -0.238. The highest BCUT2D eigenvalue weighted by Crippen LogP contribution is 2.23. The van der Waals surface area contributed by atoms with E-state index >= 15 is 0 Å². The molecule has 1 aromatic carbocycles. The van der Waals surface area contributed by atoms with Crippen LogP contribution in [0.25, 0.3) is 0 Å². The van der Waals surface area contributed by atoms with E-state index in [2.05, 4.69) is 0 Å². The molecule has 5 heteroatoms. The van der Waals surface area contributed by atoms with Crippen molar-refractivity contribution in [2.24, 2.45) is 0 Å². The normalized spacial score (nSPS) is 19.1. The summed E-state index contributed by atoms with van der Waals surface area (Å²) in [6.07, 6.45) is -0.188. The van der Waals surface area contributed by atoms with Gasteiger partial charge in [-0.1, -0.05) is 12.1 Å². The third-order valence-corrected chi connectivity index (χ3v) is 4.05. The molecule has 104 valence electrons. The van der Waals surface area contributed by atoms with Gasteiger partial charge in [0, 0.05) is 11.9 Å². The average Bonchev–Trinajstić information content (AvgIpc) is 3.01. The number of benzene rings is 1. The predicted molar refractivity (Wildman–Crippen MR) is 75.3 cm³/mol. The second kappa shape index (κ2) is 5.73.